The molecule has 2 rings (SSSR count). The van der Waals surface area contributed by atoms with Crippen molar-refractivity contribution < 1.29 is 9.66 Å². The van der Waals surface area contributed by atoms with Crippen molar-refractivity contribution >= 4 is 5.69 Å². The first-order chi connectivity index (χ1) is 10.7. The van der Waals surface area contributed by atoms with Gasteiger partial charge in [-0.1, -0.05) is 19.8 Å². The Morgan fingerprint density at radius 1 is 1.32 bits per heavy atom. The predicted octanol–water partition coefficient (Wildman–Crippen LogP) is 3.88. The summed E-state index contributed by atoms with van der Waals surface area (Å²) in [5.74, 6) is 1.28. The highest BCUT2D eigenvalue weighted by Gasteiger charge is 2.20. The standard InChI is InChI=1S/C17H26N2O3/c1-2-3-4-11-18-12-5-6-15(13-18)14-22-17-9-7-16(8-10-17)19(20)21/h7-10,15H,2-6,11-14H2,1H3. The smallest absolute Gasteiger partial charge is 0.269 e. The van der Waals surface area contributed by atoms with Gasteiger partial charge in [0.2, 0.25) is 0 Å². The van der Waals surface area contributed by atoms with Gasteiger partial charge in [-0.05, 0) is 44.5 Å². The summed E-state index contributed by atoms with van der Waals surface area (Å²) in [6, 6.07) is 6.35. The van der Waals surface area contributed by atoms with Gasteiger partial charge in [-0.3, -0.25) is 10.1 Å². The minimum atomic E-state index is -0.390. The minimum Gasteiger partial charge on any atom is -0.493 e. The Morgan fingerprint density at radius 2 is 2.09 bits per heavy atom. The molecule has 0 saturated carbocycles. The molecule has 0 aliphatic carbocycles. The van der Waals surface area contributed by atoms with E-state index in [2.05, 4.69) is 11.8 Å². The first-order valence-corrected chi connectivity index (χ1v) is 8.28. The second kappa shape index (κ2) is 8.73. The number of nitrogens with zero attached hydrogens (tertiary/aromatic N) is 2. The molecule has 1 aliphatic heterocycles. The fraction of sp³-hybridized carbons (Fsp3) is 0.647. The summed E-state index contributed by atoms with van der Waals surface area (Å²) in [7, 11) is 0. The SMILES string of the molecule is CCCCCN1CCCC(COc2ccc([N+](=O)[O-])cc2)C1. The molecule has 5 nitrogen and oxygen atoms in total. The molecular weight excluding hydrogens is 280 g/mol. The van der Waals surface area contributed by atoms with E-state index in [4.69, 9.17) is 4.74 Å². The Bertz CT molecular complexity index is 461. The number of unbranched alkanes of at least 4 members (excludes halogenated alkanes) is 2. The van der Waals surface area contributed by atoms with Crippen LogP contribution >= 0.6 is 0 Å². The van der Waals surface area contributed by atoms with Gasteiger partial charge in [-0.15, -0.1) is 0 Å². The Morgan fingerprint density at radius 3 is 2.77 bits per heavy atom. The number of nitro groups is 1. The van der Waals surface area contributed by atoms with Crippen LogP contribution in [0.5, 0.6) is 5.75 Å². The zero-order valence-electron chi connectivity index (χ0n) is 13.4. The lowest BCUT2D eigenvalue weighted by molar-refractivity contribution is -0.384. The molecule has 1 unspecified atom stereocenters. The van der Waals surface area contributed by atoms with E-state index in [0.29, 0.717) is 18.3 Å². The van der Waals surface area contributed by atoms with E-state index >= 15 is 0 Å². The van der Waals surface area contributed by atoms with Crippen molar-refractivity contribution in [1.82, 2.24) is 4.90 Å². The molecule has 22 heavy (non-hydrogen) atoms. The molecule has 1 atom stereocenters. The van der Waals surface area contributed by atoms with Crippen LogP contribution in [-0.2, 0) is 0 Å². The summed E-state index contributed by atoms with van der Waals surface area (Å²) in [5.41, 5.74) is 0.104. The molecule has 1 saturated heterocycles. The molecule has 1 aromatic rings. The van der Waals surface area contributed by atoms with E-state index in [1.807, 2.05) is 0 Å². The Balaban J connectivity index is 1.74. The van der Waals surface area contributed by atoms with Gasteiger partial charge in [-0.2, -0.15) is 0 Å². The van der Waals surface area contributed by atoms with Crippen LogP contribution in [0.15, 0.2) is 24.3 Å². The van der Waals surface area contributed by atoms with Crippen LogP contribution in [0.2, 0.25) is 0 Å². The van der Waals surface area contributed by atoms with E-state index in [9.17, 15) is 10.1 Å². The maximum Gasteiger partial charge on any atom is 0.269 e. The molecule has 0 bridgehead atoms. The monoisotopic (exact) mass is 306 g/mol. The van der Waals surface area contributed by atoms with Gasteiger partial charge < -0.3 is 9.64 Å². The van der Waals surface area contributed by atoms with Crippen LogP contribution in [0.1, 0.15) is 39.0 Å². The van der Waals surface area contributed by atoms with Crippen molar-refractivity contribution in [2.45, 2.75) is 39.0 Å². The molecular formula is C17H26N2O3. The van der Waals surface area contributed by atoms with E-state index in [-0.39, 0.29) is 10.6 Å². The maximum absolute atomic E-state index is 10.6. The van der Waals surface area contributed by atoms with Gasteiger partial charge in [0.25, 0.3) is 5.69 Å². The van der Waals surface area contributed by atoms with Crippen molar-refractivity contribution in [3.8, 4) is 5.75 Å². The zero-order valence-corrected chi connectivity index (χ0v) is 13.4. The third kappa shape index (κ3) is 5.30. The molecule has 0 spiro atoms. The summed E-state index contributed by atoms with van der Waals surface area (Å²) in [4.78, 5) is 12.8. The average molecular weight is 306 g/mol. The number of benzene rings is 1. The lowest BCUT2D eigenvalue weighted by Gasteiger charge is -2.32. The fourth-order valence-corrected chi connectivity index (χ4v) is 2.95. The van der Waals surface area contributed by atoms with Gasteiger partial charge in [0.15, 0.2) is 0 Å². The molecule has 0 aromatic heterocycles. The van der Waals surface area contributed by atoms with Crippen LogP contribution in [0.3, 0.4) is 0 Å². The first kappa shape index (κ1) is 16.7. The van der Waals surface area contributed by atoms with Crippen molar-refractivity contribution in [3.05, 3.63) is 34.4 Å². The molecule has 1 aromatic carbocycles. The lowest BCUT2D eigenvalue weighted by atomic mass is 9.98. The second-order valence-corrected chi connectivity index (χ2v) is 6.08. The van der Waals surface area contributed by atoms with Crippen LogP contribution in [-0.4, -0.2) is 36.1 Å². The summed E-state index contributed by atoms with van der Waals surface area (Å²) in [6.07, 6.45) is 6.30. The molecule has 5 heteroatoms. The van der Waals surface area contributed by atoms with Gasteiger partial charge in [-0.25, -0.2) is 0 Å². The van der Waals surface area contributed by atoms with Crippen LogP contribution in [0.25, 0.3) is 0 Å². The highest BCUT2D eigenvalue weighted by atomic mass is 16.6. The van der Waals surface area contributed by atoms with Crippen molar-refractivity contribution in [2.75, 3.05) is 26.2 Å². The summed E-state index contributed by atoms with van der Waals surface area (Å²) in [6.45, 7) is 6.44. The van der Waals surface area contributed by atoms with Crippen molar-refractivity contribution in [3.63, 3.8) is 0 Å². The van der Waals surface area contributed by atoms with Gasteiger partial charge >= 0.3 is 0 Å². The van der Waals surface area contributed by atoms with Gasteiger partial charge in [0.1, 0.15) is 5.75 Å². The van der Waals surface area contributed by atoms with Crippen molar-refractivity contribution in [2.24, 2.45) is 5.92 Å². The quantitative estimate of drug-likeness (QED) is 0.415. The topological polar surface area (TPSA) is 55.6 Å². The van der Waals surface area contributed by atoms with Gasteiger partial charge in [0, 0.05) is 24.6 Å². The molecule has 0 radical (unpaired) electrons. The van der Waals surface area contributed by atoms with Crippen LogP contribution in [0.4, 0.5) is 5.69 Å². The molecule has 0 amide bonds. The number of likely N-dealkylation sites (tertiary alicyclic amines) is 1. The van der Waals surface area contributed by atoms with E-state index < -0.39 is 0 Å². The Labute approximate surface area is 132 Å². The normalized spacial score (nSPS) is 19.0. The lowest BCUT2D eigenvalue weighted by Crippen LogP contribution is -2.38. The number of piperidine rings is 1. The molecule has 122 valence electrons. The number of nitro benzene ring substituents is 1. The largest absolute Gasteiger partial charge is 0.493 e. The summed E-state index contributed by atoms with van der Waals surface area (Å²) in [5, 5.41) is 10.6. The summed E-state index contributed by atoms with van der Waals surface area (Å²) >= 11 is 0. The van der Waals surface area contributed by atoms with E-state index in [0.717, 1.165) is 6.54 Å². The van der Waals surface area contributed by atoms with Crippen LogP contribution < -0.4 is 4.74 Å². The third-order valence-corrected chi connectivity index (χ3v) is 4.21. The summed E-state index contributed by atoms with van der Waals surface area (Å²) < 4.78 is 5.80. The third-order valence-electron chi connectivity index (χ3n) is 4.21. The Kier molecular flexibility index (Phi) is 6.65. The zero-order chi connectivity index (χ0) is 15.8. The fourth-order valence-electron chi connectivity index (χ4n) is 2.95. The van der Waals surface area contributed by atoms with E-state index in [1.165, 1.54) is 57.3 Å². The first-order valence-electron chi connectivity index (χ1n) is 8.28. The number of hydrogen-bond acceptors (Lipinski definition) is 4. The number of ether oxygens (including phenoxy) is 1. The number of hydrogen-bond donors (Lipinski definition) is 0. The molecule has 1 aliphatic rings. The maximum atomic E-state index is 10.6. The number of rotatable bonds is 8. The molecule has 1 fully saturated rings. The van der Waals surface area contributed by atoms with Gasteiger partial charge in [0.05, 0.1) is 11.5 Å². The highest BCUT2D eigenvalue weighted by Crippen LogP contribution is 2.21. The highest BCUT2D eigenvalue weighted by molar-refractivity contribution is 5.35. The molecule has 1 heterocycles. The molecule has 0 N–H and O–H groups in total. The second-order valence-electron chi connectivity index (χ2n) is 6.08. The predicted molar refractivity (Wildman–Crippen MR) is 87.3 cm³/mol. The van der Waals surface area contributed by atoms with Crippen molar-refractivity contribution in [1.29, 1.82) is 0 Å². The van der Waals surface area contributed by atoms with Crippen LogP contribution in [0, 0.1) is 16.0 Å². The Hall–Kier alpha value is -1.62. The average Bonchev–Trinajstić information content (AvgIpc) is 2.54. The van der Waals surface area contributed by atoms with E-state index in [1.54, 1.807) is 12.1 Å². The minimum absolute atomic E-state index is 0.104. The number of non-ortho nitro benzene ring substituents is 1.